The van der Waals surface area contributed by atoms with Crippen molar-refractivity contribution < 1.29 is 4.79 Å². The summed E-state index contributed by atoms with van der Waals surface area (Å²) in [5.41, 5.74) is 1.35. The van der Waals surface area contributed by atoms with Crippen LogP contribution in [0.2, 0.25) is 0 Å². The first kappa shape index (κ1) is 11.0. The third-order valence-corrected chi connectivity index (χ3v) is 3.51. The van der Waals surface area contributed by atoms with Crippen molar-refractivity contribution in [3.63, 3.8) is 0 Å². The van der Waals surface area contributed by atoms with Crippen molar-refractivity contribution in [2.45, 2.75) is 9.92 Å². The number of nitrogens with zero attached hydrogens (tertiary/aromatic N) is 3. The maximum atomic E-state index is 11.2. The Bertz CT molecular complexity index is 694. The maximum absolute atomic E-state index is 11.2. The number of imidazole rings is 1. The van der Waals surface area contributed by atoms with Crippen LogP contribution in [-0.4, -0.2) is 20.7 Å². The highest BCUT2D eigenvalue weighted by atomic mass is 32.2. The molecule has 0 fully saturated rings. The predicted molar refractivity (Wildman–Crippen MR) is 68.9 cm³/mol. The second kappa shape index (κ2) is 4.62. The van der Waals surface area contributed by atoms with E-state index in [2.05, 4.69) is 9.97 Å². The molecule has 0 aliphatic heterocycles. The molecule has 0 amide bonds. The summed E-state index contributed by atoms with van der Waals surface area (Å²) in [6.45, 7) is 0. The molecule has 4 nitrogen and oxygen atoms in total. The Kier molecular flexibility index (Phi) is 2.82. The van der Waals surface area contributed by atoms with E-state index in [4.69, 9.17) is 0 Å². The van der Waals surface area contributed by atoms with E-state index < -0.39 is 0 Å². The summed E-state index contributed by atoms with van der Waals surface area (Å²) >= 11 is 1.46. The molecule has 5 heteroatoms. The SMILES string of the molecule is O=Cc1c(Sc2ccncc2)nc2ccccn12. The fourth-order valence-electron chi connectivity index (χ4n) is 1.69. The van der Waals surface area contributed by atoms with Gasteiger partial charge in [-0.15, -0.1) is 0 Å². The molecule has 0 saturated heterocycles. The van der Waals surface area contributed by atoms with Crippen molar-refractivity contribution in [3.05, 3.63) is 54.6 Å². The highest BCUT2D eigenvalue weighted by molar-refractivity contribution is 7.99. The summed E-state index contributed by atoms with van der Waals surface area (Å²) in [4.78, 5) is 20.6. The largest absolute Gasteiger partial charge is 0.296 e. The lowest BCUT2D eigenvalue weighted by Gasteiger charge is -1.97. The van der Waals surface area contributed by atoms with Crippen molar-refractivity contribution in [2.75, 3.05) is 0 Å². The molecule has 3 heterocycles. The molecule has 0 saturated carbocycles. The first-order valence-corrected chi connectivity index (χ1v) is 6.20. The molecule has 18 heavy (non-hydrogen) atoms. The minimum Gasteiger partial charge on any atom is -0.296 e. The summed E-state index contributed by atoms with van der Waals surface area (Å²) in [7, 11) is 0. The Labute approximate surface area is 108 Å². The lowest BCUT2D eigenvalue weighted by Crippen LogP contribution is -1.90. The van der Waals surface area contributed by atoms with E-state index in [0.717, 1.165) is 16.8 Å². The van der Waals surface area contributed by atoms with Crippen molar-refractivity contribution in [1.82, 2.24) is 14.4 Å². The van der Waals surface area contributed by atoms with Gasteiger partial charge in [0.15, 0.2) is 6.29 Å². The van der Waals surface area contributed by atoms with E-state index in [0.29, 0.717) is 10.7 Å². The van der Waals surface area contributed by atoms with Crippen LogP contribution < -0.4 is 0 Å². The number of hydrogen-bond donors (Lipinski definition) is 0. The van der Waals surface area contributed by atoms with Crippen LogP contribution in [0.5, 0.6) is 0 Å². The van der Waals surface area contributed by atoms with Gasteiger partial charge in [0.1, 0.15) is 16.4 Å². The summed E-state index contributed by atoms with van der Waals surface area (Å²) in [5.74, 6) is 0. The maximum Gasteiger partial charge on any atom is 0.169 e. The van der Waals surface area contributed by atoms with Crippen molar-refractivity contribution >= 4 is 23.7 Å². The van der Waals surface area contributed by atoms with Crippen LogP contribution in [-0.2, 0) is 0 Å². The molecule has 0 unspecified atom stereocenters. The lowest BCUT2D eigenvalue weighted by molar-refractivity contribution is 0.111. The second-order valence-corrected chi connectivity index (χ2v) is 4.70. The van der Waals surface area contributed by atoms with E-state index >= 15 is 0 Å². The molecule has 0 aromatic carbocycles. The number of hydrogen-bond acceptors (Lipinski definition) is 4. The number of pyridine rings is 2. The Hall–Kier alpha value is -2.14. The number of rotatable bonds is 3. The van der Waals surface area contributed by atoms with Crippen LogP contribution in [0, 0.1) is 0 Å². The predicted octanol–water partition coefficient (Wildman–Crippen LogP) is 2.69. The molecule has 0 spiro atoms. The van der Waals surface area contributed by atoms with Gasteiger partial charge in [0, 0.05) is 23.5 Å². The molecule has 0 N–H and O–H groups in total. The van der Waals surface area contributed by atoms with Gasteiger partial charge in [-0.25, -0.2) is 4.98 Å². The van der Waals surface area contributed by atoms with Crippen LogP contribution in [0.4, 0.5) is 0 Å². The third kappa shape index (κ3) is 1.89. The molecule has 0 atom stereocenters. The van der Waals surface area contributed by atoms with Crippen molar-refractivity contribution in [3.8, 4) is 0 Å². The standard InChI is InChI=1S/C13H9N3OS/c17-9-11-13(18-10-4-6-14-7-5-10)15-12-3-1-2-8-16(11)12/h1-9H. The molecule has 0 aliphatic rings. The molecule has 3 aromatic heterocycles. The average Bonchev–Trinajstić information content (AvgIpc) is 2.77. The number of aromatic nitrogens is 3. The van der Waals surface area contributed by atoms with Crippen molar-refractivity contribution in [1.29, 1.82) is 0 Å². The zero-order chi connectivity index (χ0) is 12.4. The third-order valence-electron chi connectivity index (χ3n) is 2.51. The summed E-state index contributed by atoms with van der Waals surface area (Å²) in [5, 5.41) is 0.711. The van der Waals surface area contributed by atoms with Crippen LogP contribution in [0.25, 0.3) is 5.65 Å². The van der Waals surface area contributed by atoms with Crippen LogP contribution in [0.1, 0.15) is 10.5 Å². The fraction of sp³-hybridized carbons (Fsp3) is 0. The molecule has 3 rings (SSSR count). The van der Waals surface area contributed by atoms with Gasteiger partial charge in [-0.2, -0.15) is 0 Å². The van der Waals surface area contributed by atoms with Gasteiger partial charge in [0.2, 0.25) is 0 Å². The van der Waals surface area contributed by atoms with Gasteiger partial charge in [0.25, 0.3) is 0 Å². The summed E-state index contributed by atoms with van der Waals surface area (Å²) in [6, 6.07) is 9.44. The molecule has 0 radical (unpaired) electrons. The number of aldehydes is 1. The first-order valence-electron chi connectivity index (χ1n) is 5.38. The van der Waals surface area contributed by atoms with Gasteiger partial charge >= 0.3 is 0 Å². The number of fused-ring (bicyclic) bond motifs is 1. The number of carbonyl (C=O) groups is 1. The molecular weight excluding hydrogens is 246 g/mol. The smallest absolute Gasteiger partial charge is 0.169 e. The van der Waals surface area contributed by atoms with E-state index in [1.54, 1.807) is 16.8 Å². The van der Waals surface area contributed by atoms with Crippen molar-refractivity contribution in [2.24, 2.45) is 0 Å². The lowest BCUT2D eigenvalue weighted by atomic mass is 10.4. The quantitative estimate of drug-likeness (QED) is 0.675. The molecular formula is C13H9N3OS. The summed E-state index contributed by atoms with van der Waals surface area (Å²) < 4.78 is 1.79. The molecule has 0 bridgehead atoms. The summed E-state index contributed by atoms with van der Waals surface area (Å²) in [6.07, 6.45) is 6.11. The van der Waals surface area contributed by atoms with E-state index in [1.807, 2.05) is 36.5 Å². The van der Waals surface area contributed by atoms with Gasteiger partial charge < -0.3 is 0 Å². The van der Waals surface area contributed by atoms with Gasteiger partial charge in [-0.05, 0) is 24.3 Å². The molecule has 3 aromatic rings. The van der Waals surface area contributed by atoms with Gasteiger partial charge in [0.05, 0.1) is 0 Å². The normalized spacial score (nSPS) is 10.7. The monoisotopic (exact) mass is 255 g/mol. The van der Waals surface area contributed by atoms with Crippen LogP contribution in [0.15, 0.2) is 58.8 Å². The average molecular weight is 255 g/mol. The minimum absolute atomic E-state index is 0.576. The highest BCUT2D eigenvalue weighted by Gasteiger charge is 2.12. The topological polar surface area (TPSA) is 47.3 Å². The molecule has 0 aliphatic carbocycles. The Balaban J connectivity index is 2.09. The van der Waals surface area contributed by atoms with E-state index in [9.17, 15) is 4.79 Å². The number of carbonyl (C=O) groups excluding carboxylic acids is 1. The first-order chi connectivity index (χ1) is 8.88. The van der Waals surface area contributed by atoms with E-state index in [-0.39, 0.29) is 0 Å². The van der Waals surface area contributed by atoms with Gasteiger partial charge in [-0.1, -0.05) is 17.8 Å². The van der Waals surface area contributed by atoms with Crippen LogP contribution >= 0.6 is 11.8 Å². The zero-order valence-electron chi connectivity index (χ0n) is 9.35. The zero-order valence-corrected chi connectivity index (χ0v) is 10.2. The molecule has 88 valence electrons. The second-order valence-electron chi connectivity index (χ2n) is 3.63. The van der Waals surface area contributed by atoms with Gasteiger partial charge in [-0.3, -0.25) is 14.2 Å². The fourth-order valence-corrected chi connectivity index (χ4v) is 2.56. The Morgan fingerprint density at radius 2 is 2.00 bits per heavy atom. The highest BCUT2D eigenvalue weighted by Crippen LogP contribution is 2.29. The minimum atomic E-state index is 0.576. The van der Waals surface area contributed by atoms with E-state index in [1.165, 1.54) is 11.8 Å². The Morgan fingerprint density at radius 1 is 1.17 bits per heavy atom. The Morgan fingerprint density at radius 3 is 2.78 bits per heavy atom. The van der Waals surface area contributed by atoms with Crippen LogP contribution in [0.3, 0.4) is 0 Å².